The Balaban J connectivity index is 1.74. The summed E-state index contributed by atoms with van der Waals surface area (Å²) in [6, 6.07) is 0. The molecule has 0 radical (unpaired) electrons. The molecule has 1 N–H and O–H groups in total. The fourth-order valence-corrected chi connectivity index (χ4v) is 2.33. The van der Waals surface area contributed by atoms with Crippen LogP contribution in [-0.2, 0) is 4.74 Å². The first-order chi connectivity index (χ1) is 7.29. The van der Waals surface area contributed by atoms with Crippen molar-refractivity contribution in [2.45, 2.75) is 44.8 Å². The highest BCUT2D eigenvalue weighted by Crippen LogP contribution is 2.34. The van der Waals surface area contributed by atoms with Crippen molar-refractivity contribution in [3.63, 3.8) is 0 Å². The van der Waals surface area contributed by atoms with Crippen LogP contribution in [0.4, 0.5) is 0 Å². The molecule has 1 saturated carbocycles. The van der Waals surface area contributed by atoms with Gasteiger partial charge < -0.3 is 9.84 Å². The predicted molar refractivity (Wildman–Crippen MR) is 59.8 cm³/mol. The van der Waals surface area contributed by atoms with Gasteiger partial charge in [-0.3, -0.25) is 4.90 Å². The zero-order chi connectivity index (χ0) is 10.7. The van der Waals surface area contributed by atoms with Crippen LogP contribution in [0.1, 0.15) is 32.6 Å². The number of ether oxygens (including phenoxy) is 1. The predicted octanol–water partition coefficient (Wildman–Crippen LogP) is 1.26. The Morgan fingerprint density at radius 2 is 2.27 bits per heavy atom. The van der Waals surface area contributed by atoms with E-state index in [1.54, 1.807) is 0 Å². The summed E-state index contributed by atoms with van der Waals surface area (Å²) >= 11 is 0. The Hall–Kier alpha value is -0.120. The van der Waals surface area contributed by atoms with Crippen molar-refractivity contribution in [2.75, 3.05) is 26.2 Å². The van der Waals surface area contributed by atoms with Gasteiger partial charge in [0.25, 0.3) is 0 Å². The highest BCUT2D eigenvalue weighted by molar-refractivity contribution is 4.83. The summed E-state index contributed by atoms with van der Waals surface area (Å²) in [7, 11) is 0. The maximum atomic E-state index is 10.0. The fourth-order valence-electron chi connectivity index (χ4n) is 2.33. The summed E-state index contributed by atoms with van der Waals surface area (Å²) < 4.78 is 5.65. The van der Waals surface area contributed by atoms with E-state index in [-0.39, 0.29) is 12.2 Å². The van der Waals surface area contributed by atoms with Gasteiger partial charge in [-0.1, -0.05) is 19.8 Å². The number of nitrogens with zero attached hydrogens (tertiary/aromatic N) is 1. The van der Waals surface area contributed by atoms with Crippen molar-refractivity contribution in [1.82, 2.24) is 4.90 Å². The van der Waals surface area contributed by atoms with Crippen LogP contribution in [0.2, 0.25) is 0 Å². The summed E-state index contributed by atoms with van der Waals surface area (Å²) in [6.45, 7) is 6.07. The quantitative estimate of drug-likeness (QED) is 0.746. The number of hydrogen-bond donors (Lipinski definition) is 1. The third kappa shape index (κ3) is 3.44. The SMILES string of the molecule is CCCN1CCOC(C(O)CC2CC2)C1. The van der Waals surface area contributed by atoms with Gasteiger partial charge in [0.2, 0.25) is 0 Å². The van der Waals surface area contributed by atoms with Crippen molar-refractivity contribution >= 4 is 0 Å². The number of rotatable bonds is 5. The minimum absolute atomic E-state index is 0.0610. The van der Waals surface area contributed by atoms with Crippen LogP contribution in [0, 0.1) is 5.92 Å². The first-order valence-corrected chi connectivity index (χ1v) is 6.31. The molecule has 0 amide bonds. The third-order valence-electron chi connectivity index (χ3n) is 3.42. The van der Waals surface area contributed by atoms with Crippen molar-refractivity contribution in [3.05, 3.63) is 0 Å². The summed E-state index contributed by atoms with van der Waals surface area (Å²) in [6.07, 6.45) is 4.57. The van der Waals surface area contributed by atoms with Crippen molar-refractivity contribution < 1.29 is 9.84 Å². The molecule has 88 valence electrons. The number of hydrogen-bond acceptors (Lipinski definition) is 3. The summed E-state index contributed by atoms with van der Waals surface area (Å²) in [5, 5.41) is 10.0. The van der Waals surface area contributed by atoms with Crippen LogP contribution in [0.15, 0.2) is 0 Å². The molecule has 3 heteroatoms. The van der Waals surface area contributed by atoms with Crippen LogP contribution in [0.25, 0.3) is 0 Å². The molecule has 2 rings (SSSR count). The molecule has 0 spiro atoms. The Bertz CT molecular complexity index is 192. The Morgan fingerprint density at radius 1 is 1.47 bits per heavy atom. The van der Waals surface area contributed by atoms with Gasteiger partial charge in [-0.05, 0) is 25.3 Å². The molecule has 3 nitrogen and oxygen atoms in total. The molecule has 2 unspecified atom stereocenters. The maximum absolute atomic E-state index is 10.0. The van der Waals surface area contributed by atoms with Gasteiger partial charge in [-0.25, -0.2) is 0 Å². The molecule has 15 heavy (non-hydrogen) atoms. The van der Waals surface area contributed by atoms with Crippen LogP contribution in [0.5, 0.6) is 0 Å². The molecule has 2 aliphatic rings. The Kier molecular flexibility index (Phi) is 4.00. The Labute approximate surface area is 92.4 Å². The lowest BCUT2D eigenvalue weighted by Crippen LogP contribution is -2.47. The van der Waals surface area contributed by atoms with E-state index in [0.29, 0.717) is 0 Å². The third-order valence-corrected chi connectivity index (χ3v) is 3.42. The first-order valence-electron chi connectivity index (χ1n) is 6.31. The van der Waals surface area contributed by atoms with E-state index in [1.807, 2.05) is 0 Å². The van der Waals surface area contributed by atoms with Gasteiger partial charge in [-0.15, -0.1) is 0 Å². The number of aliphatic hydroxyl groups excluding tert-OH is 1. The minimum Gasteiger partial charge on any atom is -0.390 e. The average molecular weight is 213 g/mol. The van der Waals surface area contributed by atoms with E-state index in [9.17, 15) is 5.11 Å². The first kappa shape index (κ1) is 11.4. The number of aliphatic hydroxyl groups is 1. The van der Waals surface area contributed by atoms with Crippen LogP contribution in [-0.4, -0.2) is 48.5 Å². The van der Waals surface area contributed by atoms with Gasteiger partial charge in [-0.2, -0.15) is 0 Å². The van der Waals surface area contributed by atoms with Crippen molar-refractivity contribution in [2.24, 2.45) is 5.92 Å². The minimum atomic E-state index is -0.239. The van der Waals surface area contributed by atoms with Crippen molar-refractivity contribution in [3.8, 4) is 0 Å². The molecule has 1 heterocycles. The second-order valence-corrected chi connectivity index (χ2v) is 4.96. The van der Waals surface area contributed by atoms with Gasteiger partial charge in [0.05, 0.1) is 18.8 Å². The van der Waals surface area contributed by atoms with Gasteiger partial charge in [0.1, 0.15) is 0 Å². The van der Waals surface area contributed by atoms with E-state index in [4.69, 9.17) is 4.74 Å². The monoisotopic (exact) mass is 213 g/mol. The van der Waals surface area contributed by atoms with E-state index in [0.717, 1.165) is 38.6 Å². The molecule has 0 aromatic heterocycles. The highest BCUT2D eigenvalue weighted by atomic mass is 16.5. The van der Waals surface area contributed by atoms with E-state index in [1.165, 1.54) is 19.3 Å². The second kappa shape index (κ2) is 5.28. The molecule has 1 saturated heterocycles. The molecule has 2 fully saturated rings. The molecule has 0 aromatic carbocycles. The zero-order valence-corrected chi connectivity index (χ0v) is 9.69. The van der Waals surface area contributed by atoms with Crippen LogP contribution < -0.4 is 0 Å². The average Bonchev–Trinajstić information content (AvgIpc) is 3.03. The van der Waals surface area contributed by atoms with Crippen LogP contribution >= 0.6 is 0 Å². The van der Waals surface area contributed by atoms with E-state index < -0.39 is 0 Å². The van der Waals surface area contributed by atoms with Crippen LogP contribution in [0.3, 0.4) is 0 Å². The van der Waals surface area contributed by atoms with Crippen molar-refractivity contribution in [1.29, 1.82) is 0 Å². The standard InChI is InChI=1S/C12H23NO2/c1-2-5-13-6-7-15-12(9-13)11(14)8-10-3-4-10/h10-12,14H,2-9H2,1H3. The normalized spacial score (nSPS) is 30.4. The smallest absolute Gasteiger partial charge is 0.0961 e. The van der Waals surface area contributed by atoms with Gasteiger partial charge in [0.15, 0.2) is 0 Å². The van der Waals surface area contributed by atoms with Gasteiger partial charge in [0, 0.05) is 13.1 Å². The molecule has 0 bridgehead atoms. The molecule has 1 aliphatic carbocycles. The maximum Gasteiger partial charge on any atom is 0.0961 e. The van der Waals surface area contributed by atoms with E-state index >= 15 is 0 Å². The lowest BCUT2D eigenvalue weighted by molar-refractivity contribution is -0.0915. The molecule has 2 atom stereocenters. The van der Waals surface area contributed by atoms with Gasteiger partial charge >= 0.3 is 0 Å². The summed E-state index contributed by atoms with van der Waals surface area (Å²) in [5.41, 5.74) is 0. The Morgan fingerprint density at radius 3 is 2.93 bits per heavy atom. The molecular weight excluding hydrogens is 190 g/mol. The lowest BCUT2D eigenvalue weighted by atomic mass is 10.1. The molecular formula is C12H23NO2. The number of morpholine rings is 1. The second-order valence-electron chi connectivity index (χ2n) is 4.96. The fraction of sp³-hybridized carbons (Fsp3) is 1.00. The topological polar surface area (TPSA) is 32.7 Å². The summed E-state index contributed by atoms with van der Waals surface area (Å²) in [4.78, 5) is 2.41. The molecule has 1 aliphatic heterocycles. The summed E-state index contributed by atoms with van der Waals surface area (Å²) in [5.74, 6) is 0.783. The van der Waals surface area contributed by atoms with E-state index in [2.05, 4.69) is 11.8 Å². The zero-order valence-electron chi connectivity index (χ0n) is 9.69. The largest absolute Gasteiger partial charge is 0.390 e. The lowest BCUT2D eigenvalue weighted by Gasteiger charge is -2.35. The molecule has 0 aromatic rings. The highest BCUT2D eigenvalue weighted by Gasteiger charge is 2.31.